The van der Waals surface area contributed by atoms with Crippen molar-refractivity contribution in [3.63, 3.8) is 0 Å². The molecule has 1 saturated heterocycles. The fourth-order valence-electron chi connectivity index (χ4n) is 7.22. The number of amides is 4. The summed E-state index contributed by atoms with van der Waals surface area (Å²) in [5, 5.41) is 25.0. The summed E-state index contributed by atoms with van der Waals surface area (Å²) >= 11 is 0. The second kappa shape index (κ2) is 14.2. The third-order valence-corrected chi connectivity index (χ3v) is 12.2. The molecule has 1 aromatic heterocycles. The Morgan fingerprint density at radius 1 is 1.14 bits per heavy atom. The van der Waals surface area contributed by atoms with Crippen LogP contribution in [0.1, 0.15) is 65.2 Å². The predicted octanol–water partition coefficient (Wildman–Crippen LogP) is 2.21. The zero-order valence-corrected chi connectivity index (χ0v) is 29.5. The van der Waals surface area contributed by atoms with Crippen LogP contribution in [0.25, 0.3) is 11.0 Å². The smallest absolute Gasteiger partial charge is 0.405 e. The quantitative estimate of drug-likeness (QED) is 0.247. The number of aromatic hydroxyl groups is 1. The first-order valence-corrected chi connectivity index (χ1v) is 18.8. The minimum absolute atomic E-state index is 0.102. The highest BCUT2D eigenvalue weighted by atomic mass is 32.2. The van der Waals surface area contributed by atoms with Gasteiger partial charge in [0.1, 0.15) is 29.5 Å². The molecule has 0 unspecified atom stereocenters. The molecule has 4 aliphatic rings. The molecule has 0 spiro atoms. The van der Waals surface area contributed by atoms with E-state index in [0.29, 0.717) is 48.9 Å². The van der Waals surface area contributed by atoms with E-state index in [4.69, 9.17) is 9.47 Å². The summed E-state index contributed by atoms with van der Waals surface area (Å²) in [6, 6.07) is 2.44. The third kappa shape index (κ3) is 7.67. The Hall–Kier alpha value is -4.67. The number of hydrogen-bond acceptors (Lipinski definition) is 11. The molecule has 0 bridgehead atoms. The average Bonchev–Trinajstić information content (AvgIpc) is 4.01. The van der Waals surface area contributed by atoms with E-state index in [1.807, 2.05) is 26.0 Å². The normalized spacial score (nSPS) is 30.5. The van der Waals surface area contributed by atoms with Crippen molar-refractivity contribution in [2.24, 2.45) is 17.8 Å². The van der Waals surface area contributed by atoms with E-state index < -0.39 is 80.5 Å². The van der Waals surface area contributed by atoms with Gasteiger partial charge < -0.3 is 35.2 Å². The summed E-state index contributed by atoms with van der Waals surface area (Å²) in [4.78, 5) is 64.1. The van der Waals surface area contributed by atoms with E-state index in [9.17, 15) is 37.8 Å². The zero-order chi connectivity index (χ0) is 36.7. The molecule has 6 rings (SSSR count). The molecule has 3 heterocycles. The van der Waals surface area contributed by atoms with E-state index in [2.05, 4.69) is 25.3 Å². The molecule has 51 heavy (non-hydrogen) atoms. The second-order valence-electron chi connectivity index (χ2n) is 14.1. The number of carboxylic acid groups (broad SMARTS) is 1. The maximum Gasteiger partial charge on any atom is 0.405 e. The molecule has 2 aliphatic heterocycles. The van der Waals surface area contributed by atoms with Crippen LogP contribution >= 0.6 is 0 Å². The number of nitrogens with zero attached hydrogens (tertiary/aromatic N) is 3. The van der Waals surface area contributed by atoms with Crippen LogP contribution in [0.4, 0.5) is 4.79 Å². The van der Waals surface area contributed by atoms with E-state index in [-0.39, 0.29) is 31.2 Å². The molecular weight excluding hydrogens is 684 g/mol. The molecule has 2 aliphatic carbocycles. The molecule has 2 saturated carbocycles. The average molecular weight is 729 g/mol. The summed E-state index contributed by atoms with van der Waals surface area (Å²) in [5.41, 5.74) is -0.839. The molecule has 4 amide bonds. The lowest BCUT2D eigenvalue weighted by molar-refractivity contribution is -0.142. The molecule has 276 valence electrons. The summed E-state index contributed by atoms with van der Waals surface area (Å²) in [6.45, 7) is 3.71. The van der Waals surface area contributed by atoms with Crippen molar-refractivity contribution in [1.82, 2.24) is 30.2 Å². The van der Waals surface area contributed by atoms with Gasteiger partial charge in [-0.2, -0.15) is 0 Å². The van der Waals surface area contributed by atoms with Crippen LogP contribution in [-0.2, 0) is 24.4 Å². The van der Waals surface area contributed by atoms with E-state index in [0.717, 1.165) is 6.42 Å². The molecule has 7 atom stereocenters. The fourth-order valence-corrected chi connectivity index (χ4v) is 8.59. The number of rotatable bonds is 8. The summed E-state index contributed by atoms with van der Waals surface area (Å²) < 4.78 is 39.1. The maximum absolute atomic E-state index is 14.4. The van der Waals surface area contributed by atoms with Gasteiger partial charge in [0.15, 0.2) is 0 Å². The summed E-state index contributed by atoms with van der Waals surface area (Å²) in [6.07, 6.45) is 4.73. The highest BCUT2D eigenvalue weighted by molar-refractivity contribution is 7.91. The van der Waals surface area contributed by atoms with Gasteiger partial charge >= 0.3 is 6.09 Å². The van der Waals surface area contributed by atoms with Crippen molar-refractivity contribution in [3.8, 4) is 17.5 Å². The van der Waals surface area contributed by atoms with Crippen molar-refractivity contribution in [2.75, 3.05) is 13.7 Å². The molecule has 2 aromatic rings. The van der Waals surface area contributed by atoms with E-state index >= 15 is 0 Å². The van der Waals surface area contributed by atoms with Gasteiger partial charge in [-0.15, -0.1) is 0 Å². The third-order valence-electron chi connectivity index (χ3n) is 10.4. The van der Waals surface area contributed by atoms with Crippen molar-refractivity contribution in [1.29, 1.82) is 0 Å². The first-order valence-electron chi connectivity index (χ1n) is 17.3. The van der Waals surface area contributed by atoms with Gasteiger partial charge in [-0.3, -0.25) is 19.1 Å². The number of hydrogen-bond donors (Lipinski definition) is 5. The first-order chi connectivity index (χ1) is 24.2. The van der Waals surface area contributed by atoms with Crippen molar-refractivity contribution >= 4 is 44.9 Å². The van der Waals surface area contributed by atoms with Crippen LogP contribution in [0, 0.1) is 17.8 Å². The van der Waals surface area contributed by atoms with Gasteiger partial charge in [0.05, 0.1) is 29.9 Å². The maximum atomic E-state index is 14.4. The Balaban J connectivity index is 1.34. The Morgan fingerprint density at radius 3 is 2.59 bits per heavy atom. The number of nitrogens with one attached hydrogen (secondary N) is 3. The van der Waals surface area contributed by atoms with Gasteiger partial charge in [-0.25, -0.2) is 23.2 Å². The van der Waals surface area contributed by atoms with Crippen LogP contribution < -0.4 is 24.8 Å². The van der Waals surface area contributed by atoms with Gasteiger partial charge in [0, 0.05) is 18.4 Å². The Kier molecular flexibility index (Phi) is 10.0. The summed E-state index contributed by atoms with van der Waals surface area (Å²) in [7, 11) is -2.44. The fraction of sp³-hybridized carbons (Fsp3) is 0.588. The molecule has 1 aromatic carbocycles. The number of ether oxygens (including phenoxy) is 2. The topological polar surface area (TPSA) is 226 Å². The summed E-state index contributed by atoms with van der Waals surface area (Å²) in [5.74, 6) is -3.26. The predicted molar refractivity (Wildman–Crippen MR) is 182 cm³/mol. The number of carbonyl (C=O) groups is 4. The van der Waals surface area contributed by atoms with Crippen LogP contribution in [0.15, 0.2) is 30.4 Å². The van der Waals surface area contributed by atoms with Crippen molar-refractivity contribution in [3.05, 3.63) is 30.4 Å². The van der Waals surface area contributed by atoms with E-state index in [1.165, 1.54) is 12.0 Å². The zero-order valence-electron chi connectivity index (χ0n) is 28.7. The lowest BCUT2D eigenvalue weighted by atomic mass is 9.85. The molecule has 17 heteroatoms. The van der Waals surface area contributed by atoms with Gasteiger partial charge in [0.2, 0.25) is 21.8 Å². The number of aromatic nitrogens is 2. The van der Waals surface area contributed by atoms with Crippen molar-refractivity contribution in [2.45, 2.75) is 94.2 Å². The van der Waals surface area contributed by atoms with Gasteiger partial charge in [-0.1, -0.05) is 32.4 Å². The van der Waals surface area contributed by atoms with E-state index in [1.54, 1.807) is 18.2 Å². The van der Waals surface area contributed by atoms with Gasteiger partial charge in [0.25, 0.3) is 17.7 Å². The number of allylic oxidation sites excluding steroid dienone is 1. The molecule has 5 N–H and O–H groups in total. The largest absolute Gasteiger partial charge is 0.497 e. The standard InChI is InChI=1S/C34H44N6O10S/c1-4-19-13-18(2)7-5-6-8-20-16-34(20,32(44)39-51(47,48)23-10-11-23)38-28(41)26-15-22(17-40(26)31(43)27(19)37-33(45)46)50-30-29(42)35-24-12-9-21(49-3)14-25(24)36-30/h6,8-9,12,14,18-20,22-23,26-27,37H,4-5,7,10-11,13,15-17H2,1-3H3,(H,35,42)(H,38,41)(H,39,44)(H,45,46)/b8-6-/t18-,19-,20-,22-,26+,27+,34-/m1/s1. The Morgan fingerprint density at radius 2 is 1.90 bits per heavy atom. The number of fused-ring (bicyclic) bond motifs is 3. The minimum Gasteiger partial charge on any atom is -0.497 e. The minimum atomic E-state index is -3.93. The second-order valence-corrected chi connectivity index (χ2v) is 16.0. The molecule has 0 radical (unpaired) electrons. The Labute approximate surface area is 295 Å². The van der Waals surface area contributed by atoms with Crippen LogP contribution in [0.5, 0.6) is 17.5 Å². The highest BCUT2D eigenvalue weighted by Crippen LogP contribution is 2.46. The number of sulfonamides is 1. The highest BCUT2D eigenvalue weighted by Gasteiger charge is 2.62. The van der Waals surface area contributed by atoms with Crippen LogP contribution in [0.2, 0.25) is 0 Å². The lowest BCUT2D eigenvalue weighted by Crippen LogP contribution is -2.59. The molecule has 16 nitrogen and oxygen atoms in total. The lowest BCUT2D eigenvalue weighted by Gasteiger charge is -2.33. The van der Waals surface area contributed by atoms with Crippen LogP contribution in [0.3, 0.4) is 0 Å². The van der Waals surface area contributed by atoms with Crippen LogP contribution in [-0.4, -0.2) is 99.9 Å². The van der Waals surface area contributed by atoms with Crippen molar-refractivity contribution < 1.29 is 47.3 Å². The number of methoxy groups -OCH3 is 1. The SMILES string of the molecule is CC[C@@H]1C[C@H](C)CC/C=C\[C@@H]2C[C@@]2(C(=O)NS(=O)(=O)C2CC2)NC(=O)[C@@H]2C[C@@H](Oc3nc4cc(OC)ccc4nc3O)CN2C(=O)[C@H]1NC(=O)O. The molecule has 3 fully saturated rings. The molecular formula is C34H44N6O10S. The number of benzene rings is 1. The Bertz CT molecular complexity index is 1850. The van der Waals surface area contributed by atoms with Gasteiger partial charge in [-0.05, 0) is 62.5 Å². The monoisotopic (exact) mass is 728 g/mol. The number of carbonyl (C=O) groups excluding carboxylic acids is 3. The first kappa shape index (κ1) is 36.1.